The molecule has 8 heteroatoms. The van der Waals surface area contributed by atoms with Gasteiger partial charge < -0.3 is 18.9 Å². The third kappa shape index (κ3) is 9.37. The molecule has 0 heterocycles. The SMILES string of the molecule is C=CC(=O)OCCOC(=O)Cc1cccc(CC(=O)OCCOC(=O)C=C)c1C. The minimum Gasteiger partial charge on any atom is -0.462 e. The largest absolute Gasteiger partial charge is 0.462 e. The number of hydrogen-bond acceptors (Lipinski definition) is 8. The van der Waals surface area contributed by atoms with E-state index in [4.69, 9.17) is 18.9 Å². The first kappa shape index (κ1) is 23.6. The van der Waals surface area contributed by atoms with Crippen molar-refractivity contribution in [2.45, 2.75) is 19.8 Å². The van der Waals surface area contributed by atoms with E-state index in [2.05, 4.69) is 13.2 Å². The Morgan fingerprint density at radius 2 is 1.14 bits per heavy atom. The Labute approximate surface area is 169 Å². The molecule has 0 aliphatic carbocycles. The highest BCUT2D eigenvalue weighted by molar-refractivity contribution is 5.81. The van der Waals surface area contributed by atoms with Crippen molar-refractivity contribution in [3.63, 3.8) is 0 Å². The van der Waals surface area contributed by atoms with Crippen LogP contribution in [0.1, 0.15) is 16.7 Å². The van der Waals surface area contributed by atoms with Gasteiger partial charge in [0.2, 0.25) is 0 Å². The van der Waals surface area contributed by atoms with Gasteiger partial charge in [-0.3, -0.25) is 9.59 Å². The van der Waals surface area contributed by atoms with Crippen LogP contribution in [0.2, 0.25) is 0 Å². The molecule has 0 aliphatic rings. The van der Waals surface area contributed by atoms with Crippen LogP contribution in [0.3, 0.4) is 0 Å². The van der Waals surface area contributed by atoms with Gasteiger partial charge >= 0.3 is 23.9 Å². The van der Waals surface area contributed by atoms with Crippen LogP contribution in [0.4, 0.5) is 0 Å². The average Bonchev–Trinajstić information content (AvgIpc) is 2.71. The van der Waals surface area contributed by atoms with E-state index < -0.39 is 23.9 Å². The minimum absolute atomic E-state index is 0.0155. The highest BCUT2D eigenvalue weighted by atomic mass is 16.6. The lowest BCUT2D eigenvalue weighted by Crippen LogP contribution is -2.16. The Balaban J connectivity index is 2.48. The van der Waals surface area contributed by atoms with E-state index in [1.165, 1.54) is 0 Å². The molecule has 0 saturated heterocycles. The fraction of sp³-hybridized carbons (Fsp3) is 0.333. The van der Waals surface area contributed by atoms with Crippen molar-refractivity contribution in [3.8, 4) is 0 Å². The van der Waals surface area contributed by atoms with Crippen LogP contribution in [0.5, 0.6) is 0 Å². The first-order valence-corrected chi connectivity index (χ1v) is 8.84. The van der Waals surface area contributed by atoms with Crippen molar-refractivity contribution in [1.82, 2.24) is 0 Å². The zero-order valence-corrected chi connectivity index (χ0v) is 16.3. The van der Waals surface area contributed by atoms with Crippen LogP contribution in [0.25, 0.3) is 0 Å². The molecule has 156 valence electrons. The summed E-state index contributed by atoms with van der Waals surface area (Å²) in [7, 11) is 0. The van der Waals surface area contributed by atoms with Crippen LogP contribution in [0.15, 0.2) is 43.5 Å². The molecular weight excluding hydrogens is 380 g/mol. The van der Waals surface area contributed by atoms with Crippen LogP contribution in [0, 0.1) is 6.92 Å². The molecule has 29 heavy (non-hydrogen) atoms. The summed E-state index contributed by atoms with van der Waals surface area (Å²) in [6.45, 7) is 8.10. The number of carbonyl (C=O) groups excluding carboxylic acids is 4. The quantitative estimate of drug-likeness (QED) is 0.224. The molecule has 8 nitrogen and oxygen atoms in total. The van der Waals surface area contributed by atoms with Crippen LogP contribution in [-0.2, 0) is 51.0 Å². The van der Waals surface area contributed by atoms with Crippen molar-refractivity contribution >= 4 is 23.9 Å². The Morgan fingerprint density at radius 1 is 0.759 bits per heavy atom. The summed E-state index contributed by atoms with van der Waals surface area (Å²) in [6.07, 6.45) is 2.08. The predicted octanol–water partition coefficient (Wildman–Crippen LogP) is 1.62. The standard InChI is InChI=1S/C21H24O8/c1-4-18(22)26-9-11-28-20(24)13-16-7-6-8-17(15(16)3)14-21(25)29-12-10-27-19(23)5-2/h4-8H,1-2,9-14H2,3H3. The lowest BCUT2D eigenvalue weighted by Gasteiger charge is -2.11. The molecule has 0 radical (unpaired) electrons. The maximum absolute atomic E-state index is 11.9. The lowest BCUT2D eigenvalue weighted by molar-refractivity contribution is -0.149. The summed E-state index contributed by atoms with van der Waals surface area (Å²) in [5.74, 6) is -2.14. The van der Waals surface area contributed by atoms with Crippen LogP contribution < -0.4 is 0 Å². The number of hydrogen-bond donors (Lipinski definition) is 0. The normalized spacial score (nSPS) is 9.83. The highest BCUT2D eigenvalue weighted by Crippen LogP contribution is 2.16. The Bertz CT molecular complexity index is 706. The summed E-state index contributed by atoms with van der Waals surface area (Å²) < 4.78 is 19.5. The van der Waals surface area contributed by atoms with E-state index >= 15 is 0 Å². The second kappa shape index (κ2) is 12.9. The van der Waals surface area contributed by atoms with Crippen molar-refractivity contribution < 1.29 is 38.1 Å². The van der Waals surface area contributed by atoms with Gasteiger partial charge in [0.1, 0.15) is 26.4 Å². The fourth-order valence-corrected chi connectivity index (χ4v) is 2.25. The summed E-state index contributed by atoms with van der Waals surface area (Å²) in [5, 5.41) is 0. The van der Waals surface area contributed by atoms with E-state index in [-0.39, 0.29) is 39.3 Å². The number of benzene rings is 1. The molecule has 0 aromatic heterocycles. The number of rotatable bonds is 12. The molecule has 0 atom stereocenters. The van der Waals surface area contributed by atoms with Gasteiger partial charge in [-0.2, -0.15) is 0 Å². The van der Waals surface area contributed by atoms with Gasteiger partial charge in [-0.15, -0.1) is 0 Å². The van der Waals surface area contributed by atoms with E-state index in [9.17, 15) is 19.2 Å². The van der Waals surface area contributed by atoms with E-state index in [1.807, 2.05) is 0 Å². The second-order valence-corrected chi connectivity index (χ2v) is 5.74. The van der Waals surface area contributed by atoms with Gasteiger partial charge in [0.05, 0.1) is 12.8 Å². The number of esters is 4. The summed E-state index contributed by atoms with van der Waals surface area (Å²) in [6, 6.07) is 5.26. The topological polar surface area (TPSA) is 105 Å². The Hall–Kier alpha value is -3.42. The molecule has 0 amide bonds. The molecule has 1 aromatic rings. The zero-order chi connectivity index (χ0) is 21.6. The smallest absolute Gasteiger partial charge is 0.330 e. The molecule has 1 aromatic carbocycles. The van der Waals surface area contributed by atoms with E-state index in [0.29, 0.717) is 11.1 Å². The number of ether oxygens (including phenoxy) is 4. The number of carbonyl (C=O) groups is 4. The molecule has 0 N–H and O–H groups in total. The molecule has 0 unspecified atom stereocenters. The average molecular weight is 404 g/mol. The predicted molar refractivity (Wildman–Crippen MR) is 103 cm³/mol. The third-order valence-corrected chi connectivity index (χ3v) is 3.74. The van der Waals surface area contributed by atoms with Gasteiger partial charge in [0.15, 0.2) is 0 Å². The summed E-state index contributed by atoms with van der Waals surface area (Å²) >= 11 is 0. The first-order chi connectivity index (χ1) is 13.9. The maximum Gasteiger partial charge on any atom is 0.330 e. The van der Waals surface area contributed by atoms with Gasteiger partial charge in [0, 0.05) is 12.2 Å². The Morgan fingerprint density at radius 3 is 1.52 bits per heavy atom. The molecule has 0 fully saturated rings. The molecule has 0 saturated carbocycles. The lowest BCUT2D eigenvalue weighted by atomic mass is 9.98. The van der Waals surface area contributed by atoms with Crippen molar-refractivity contribution in [3.05, 3.63) is 60.2 Å². The summed E-state index contributed by atoms with van der Waals surface area (Å²) in [4.78, 5) is 45.7. The molecule has 0 aliphatic heterocycles. The molecular formula is C21H24O8. The van der Waals surface area contributed by atoms with Crippen molar-refractivity contribution in [2.24, 2.45) is 0 Å². The minimum atomic E-state index is -0.588. The highest BCUT2D eigenvalue weighted by Gasteiger charge is 2.13. The maximum atomic E-state index is 11.9. The molecule has 0 spiro atoms. The zero-order valence-electron chi connectivity index (χ0n) is 16.3. The van der Waals surface area contributed by atoms with Crippen molar-refractivity contribution in [2.75, 3.05) is 26.4 Å². The first-order valence-electron chi connectivity index (χ1n) is 8.84. The Kier molecular flexibility index (Phi) is 10.5. The van der Waals surface area contributed by atoms with Gasteiger partial charge in [0.25, 0.3) is 0 Å². The molecule has 0 bridgehead atoms. The fourth-order valence-electron chi connectivity index (χ4n) is 2.25. The van der Waals surface area contributed by atoms with Gasteiger partial charge in [-0.05, 0) is 23.6 Å². The van der Waals surface area contributed by atoms with Crippen LogP contribution >= 0.6 is 0 Å². The van der Waals surface area contributed by atoms with Gasteiger partial charge in [-0.1, -0.05) is 31.4 Å². The third-order valence-electron chi connectivity index (χ3n) is 3.74. The van der Waals surface area contributed by atoms with Crippen LogP contribution in [-0.4, -0.2) is 50.3 Å². The van der Waals surface area contributed by atoms with E-state index in [1.54, 1.807) is 25.1 Å². The van der Waals surface area contributed by atoms with E-state index in [0.717, 1.165) is 17.7 Å². The van der Waals surface area contributed by atoms with Gasteiger partial charge in [-0.25, -0.2) is 9.59 Å². The monoisotopic (exact) mass is 404 g/mol. The molecule has 1 rings (SSSR count). The van der Waals surface area contributed by atoms with Crippen molar-refractivity contribution in [1.29, 1.82) is 0 Å². The second-order valence-electron chi connectivity index (χ2n) is 5.74. The summed E-state index contributed by atoms with van der Waals surface area (Å²) in [5.41, 5.74) is 2.20.